The number of nitrogens with one attached hydrogen (secondary N) is 1. The number of amides is 1. The summed E-state index contributed by atoms with van der Waals surface area (Å²) in [6, 6.07) is 9.60. The predicted molar refractivity (Wildman–Crippen MR) is 91.3 cm³/mol. The second kappa shape index (κ2) is 7.48. The molecule has 0 unspecified atom stereocenters. The van der Waals surface area contributed by atoms with Crippen LogP contribution in [0.25, 0.3) is 0 Å². The molecule has 128 valence electrons. The highest BCUT2D eigenvalue weighted by Crippen LogP contribution is 2.29. The predicted octanol–water partition coefficient (Wildman–Crippen LogP) is 3.39. The van der Waals surface area contributed by atoms with Gasteiger partial charge in [0.1, 0.15) is 10.7 Å². The van der Waals surface area contributed by atoms with Crippen LogP contribution in [0.4, 0.5) is 10.1 Å². The van der Waals surface area contributed by atoms with Crippen LogP contribution in [0.3, 0.4) is 0 Å². The summed E-state index contributed by atoms with van der Waals surface area (Å²) < 4.78 is 39.1. The number of nitrogens with zero attached hydrogens (tertiary/aromatic N) is 1. The standard InChI is InChI=1S/C15H13Cl2FN2O3S/c1-20(24(22,23)13-8-3-2-7-12(13)18)9-14(21)19-15-10(16)5-4-6-11(15)17/h2-8H,9H2,1H3,(H,19,21). The monoisotopic (exact) mass is 390 g/mol. The highest BCUT2D eigenvalue weighted by molar-refractivity contribution is 7.89. The Hall–Kier alpha value is -1.67. The van der Waals surface area contributed by atoms with Crippen molar-refractivity contribution < 1.29 is 17.6 Å². The lowest BCUT2D eigenvalue weighted by Gasteiger charge is -2.17. The third-order valence-corrected chi connectivity index (χ3v) is 5.58. The molecule has 0 bridgehead atoms. The second-order valence-electron chi connectivity index (χ2n) is 4.84. The van der Waals surface area contributed by atoms with Crippen LogP contribution in [0.5, 0.6) is 0 Å². The molecule has 2 aromatic carbocycles. The number of carbonyl (C=O) groups is 1. The average molecular weight is 391 g/mol. The van der Waals surface area contributed by atoms with E-state index in [-0.39, 0.29) is 15.7 Å². The van der Waals surface area contributed by atoms with Gasteiger partial charge in [-0.1, -0.05) is 41.4 Å². The van der Waals surface area contributed by atoms with Crippen LogP contribution in [0.1, 0.15) is 0 Å². The van der Waals surface area contributed by atoms with Gasteiger partial charge in [-0.25, -0.2) is 12.8 Å². The van der Waals surface area contributed by atoms with Gasteiger partial charge in [-0.05, 0) is 24.3 Å². The zero-order valence-corrected chi connectivity index (χ0v) is 14.8. The van der Waals surface area contributed by atoms with Crippen LogP contribution >= 0.6 is 23.2 Å². The summed E-state index contributed by atoms with van der Waals surface area (Å²) >= 11 is 11.9. The molecule has 0 atom stereocenters. The minimum absolute atomic E-state index is 0.183. The third-order valence-electron chi connectivity index (χ3n) is 3.12. The molecule has 0 radical (unpaired) electrons. The number of benzene rings is 2. The van der Waals surface area contributed by atoms with Crippen molar-refractivity contribution >= 4 is 44.8 Å². The number of likely N-dealkylation sites (N-methyl/N-ethyl adjacent to an activating group) is 1. The van der Waals surface area contributed by atoms with Crippen LogP contribution in [-0.2, 0) is 14.8 Å². The highest BCUT2D eigenvalue weighted by Gasteiger charge is 2.26. The Balaban J connectivity index is 2.16. The molecule has 0 fully saturated rings. The Morgan fingerprint density at radius 2 is 1.71 bits per heavy atom. The Bertz CT molecular complexity index is 855. The maximum atomic E-state index is 13.7. The minimum atomic E-state index is -4.15. The van der Waals surface area contributed by atoms with Crippen LogP contribution in [0, 0.1) is 5.82 Å². The molecule has 0 heterocycles. The number of hydrogen-bond acceptors (Lipinski definition) is 3. The number of anilines is 1. The summed E-state index contributed by atoms with van der Waals surface area (Å²) in [5.74, 6) is -1.55. The number of hydrogen-bond donors (Lipinski definition) is 1. The van der Waals surface area contributed by atoms with Gasteiger partial charge in [-0.15, -0.1) is 0 Å². The van der Waals surface area contributed by atoms with E-state index in [9.17, 15) is 17.6 Å². The number of para-hydroxylation sites is 1. The molecule has 0 saturated carbocycles. The second-order valence-corrected chi connectivity index (χ2v) is 7.66. The zero-order valence-electron chi connectivity index (χ0n) is 12.5. The number of carbonyl (C=O) groups excluding carboxylic acids is 1. The first-order chi connectivity index (χ1) is 11.2. The molecule has 1 N–H and O–H groups in total. The number of halogens is 3. The van der Waals surface area contributed by atoms with E-state index in [4.69, 9.17) is 23.2 Å². The molecular formula is C15H13Cl2FN2O3S. The SMILES string of the molecule is CN(CC(=O)Nc1c(Cl)cccc1Cl)S(=O)(=O)c1ccccc1F. The lowest BCUT2D eigenvalue weighted by Crippen LogP contribution is -2.35. The molecule has 2 rings (SSSR count). The third kappa shape index (κ3) is 4.05. The van der Waals surface area contributed by atoms with Gasteiger partial charge < -0.3 is 5.32 Å². The first-order valence-corrected chi connectivity index (χ1v) is 8.88. The summed E-state index contributed by atoms with van der Waals surface area (Å²) in [5.41, 5.74) is 0.183. The van der Waals surface area contributed by atoms with Gasteiger partial charge in [-0.2, -0.15) is 4.31 Å². The summed E-state index contributed by atoms with van der Waals surface area (Å²) in [7, 11) is -2.97. The molecule has 0 spiro atoms. The summed E-state index contributed by atoms with van der Waals surface area (Å²) in [6.07, 6.45) is 0. The fourth-order valence-corrected chi connectivity index (χ4v) is 3.59. The highest BCUT2D eigenvalue weighted by atomic mass is 35.5. The molecule has 2 aromatic rings. The van der Waals surface area contributed by atoms with Gasteiger partial charge in [0.2, 0.25) is 15.9 Å². The fraction of sp³-hybridized carbons (Fsp3) is 0.133. The van der Waals surface area contributed by atoms with Crippen molar-refractivity contribution in [2.75, 3.05) is 18.9 Å². The molecule has 9 heteroatoms. The molecule has 1 amide bonds. The molecule has 24 heavy (non-hydrogen) atoms. The van der Waals surface area contributed by atoms with Crippen molar-refractivity contribution in [2.45, 2.75) is 4.90 Å². The van der Waals surface area contributed by atoms with Gasteiger partial charge in [0.15, 0.2) is 0 Å². The molecule has 5 nitrogen and oxygen atoms in total. The van der Waals surface area contributed by atoms with Crippen molar-refractivity contribution in [3.8, 4) is 0 Å². The van der Waals surface area contributed by atoms with Crippen molar-refractivity contribution in [1.82, 2.24) is 4.31 Å². The maximum Gasteiger partial charge on any atom is 0.246 e. The fourth-order valence-electron chi connectivity index (χ4n) is 1.91. The average Bonchev–Trinajstić information content (AvgIpc) is 2.51. The van der Waals surface area contributed by atoms with Crippen molar-refractivity contribution in [2.24, 2.45) is 0 Å². The van der Waals surface area contributed by atoms with Crippen molar-refractivity contribution in [1.29, 1.82) is 0 Å². The van der Waals surface area contributed by atoms with Crippen LogP contribution in [-0.4, -0.2) is 32.2 Å². The molecule has 0 aliphatic carbocycles. The number of sulfonamides is 1. The molecule has 0 saturated heterocycles. The lowest BCUT2D eigenvalue weighted by molar-refractivity contribution is -0.116. The Labute approximate surface area is 149 Å². The van der Waals surface area contributed by atoms with E-state index in [1.807, 2.05) is 0 Å². The zero-order chi connectivity index (χ0) is 17.9. The summed E-state index contributed by atoms with van der Waals surface area (Å²) in [6.45, 7) is -0.530. The van der Waals surface area contributed by atoms with E-state index < -0.39 is 33.2 Å². The summed E-state index contributed by atoms with van der Waals surface area (Å²) in [5, 5.41) is 2.88. The Kier molecular flexibility index (Phi) is 5.82. The minimum Gasteiger partial charge on any atom is -0.322 e. The van der Waals surface area contributed by atoms with E-state index in [1.54, 1.807) is 6.07 Å². The van der Waals surface area contributed by atoms with Crippen molar-refractivity contribution in [3.05, 3.63) is 58.3 Å². The van der Waals surface area contributed by atoms with Crippen molar-refractivity contribution in [3.63, 3.8) is 0 Å². The van der Waals surface area contributed by atoms with Crippen LogP contribution < -0.4 is 5.32 Å². The van der Waals surface area contributed by atoms with Gasteiger partial charge in [-0.3, -0.25) is 4.79 Å². The normalized spacial score (nSPS) is 11.5. The van der Waals surface area contributed by atoms with E-state index in [1.165, 1.54) is 31.3 Å². The van der Waals surface area contributed by atoms with Gasteiger partial charge in [0.05, 0.1) is 22.3 Å². The van der Waals surface area contributed by atoms with Crippen LogP contribution in [0.2, 0.25) is 10.0 Å². The van der Waals surface area contributed by atoms with Crippen LogP contribution in [0.15, 0.2) is 47.4 Å². The first kappa shape index (κ1) is 18.7. The Morgan fingerprint density at radius 3 is 2.29 bits per heavy atom. The Morgan fingerprint density at radius 1 is 1.12 bits per heavy atom. The molecule has 0 aromatic heterocycles. The summed E-state index contributed by atoms with van der Waals surface area (Å²) in [4.78, 5) is 11.6. The maximum absolute atomic E-state index is 13.7. The molecular weight excluding hydrogens is 378 g/mol. The largest absolute Gasteiger partial charge is 0.322 e. The van der Waals surface area contributed by atoms with Gasteiger partial charge >= 0.3 is 0 Å². The quantitative estimate of drug-likeness (QED) is 0.850. The lowest BCUT2D eigenvalue weighted by atomic mass is 10.3. The topological polar surface area (TPSA) is 66.5 Å². The number of rotatable bonds is 5. The smallest absolute Gasteiger partial charge is 0.246 e. The van der Waals surface area contributed by atoms with Gasteiger partial charge in [0, 0.05) is 7.05 Å². The molecule has 0 aliphatic heterocycles. The van der Waals surface area contributed by atoms with E-state index >= 15 is 0 Å². The van der Waals surface area contributed by atoms with Gasteiger partial charge in [0.25, 0.3) is 0 Å². The molecule has 0 aliphatic rings. The van der Waals surface area contributed by atoms with E-state index in [2.05, 4.69) is 5.32 Å². The van der Waals surface area contributed by atoms with E-state index in [0.29, 0.717) is 0 Å². The van der Waals surface area contributed by atoms with E-state index in [0.717, 1.165) is 16.4 Å². The first-order valence-electron chi connectivity index (χ1n) is 6.68.